The van der Waals surface area contributed by atoms with E-state index in [-0.39, 0.29) is 6.10 Å². The highest BCUT2D eigenvalue weighted by atomic mass is 16.5. The lowest BCUT2D eigenvalue weighted by atomic mass is 9.90. The lowest BCUT2D eigenvalue weighted by Gasteiger charge is -2.36. The maximum absolute atomic E-state index is 9.85. The molecule has 3 atom stereocenters. The van der Waals surface area contributed by atoms with Crippen LogP contribution in [0.2, 0.25) is 0 Å². The number of ether oxygens (including phenoxy) is 1. The second-order valence-electron chi connectivity index (χ2n) is 5.76. The summed E-state index contributed by atoms with van der Waals surface area (Å²) in [6.07, 6.45) is 1.25. The van der Waals surface area contributed by atoms with E-state index in [0.29, 0.717) is 12.6 Å². The maximum Gasteiger partial charge on any atom is 0.145 e. The van der Waals surface area contributed by atoms with E-state index in [1.807, 2.05) is 37.3 Å². The summed E-state index contributed by atoms with van der Waals surface area (Å²) >= 11 is 0. The van der Waals surface area contributed by atoms with Crippen LogP contribution >= 0.6 is 0 Å². The van der Waals surface area contributed by atoms with Crippen molar-refractivity contribution in [1.29, 1.82) is 5.26 Å². The molecule has 1 aliphatic heterocycles. The van der Waals surface area contributed by atoms with Gasteiger partial charge in [0.2, 0.25) is 0 Å². The first-order valence-electron chi connectivity index (χ1n) is 7.66. The zero-order valence-corrected chi connectivity index (χ0v) is 13.2. The van der Waals surface area contributed by atoms with E-state index in [1.165, 1.54) is 0 Å². The molecule has 1 aromatic carbocycles. The van der Waals surface area contributed by atoms with Crippen LogP contribution in [0.4, 0.5) is 0 Å². The van der Waals surface area contributed by atoms with Gasteiger partial charge in [-0.2, -0.15) is 5.26 Å². The first-order chi connectivity index (χ1) is 10.1. The fourth-order valence-electron chi connectivity index (χ4n) is 3.20. The number of hydrogen-bond donors (Lipinski definition) is 1. The topological polar surface area (TPSA) is 48.3 Å². The number of nitrogens with zero attached hydrogens (tertiary/aromatic N) is 2. The second kappa shape index (κ2) is 7.04. The summed E-state index contributed by atoms with van der Waals surface area (Å²) in [6.45, 7) is 6.36. The predicted octanol–water partition coefficient (Wildman–Crippen LogP) is 2.12. The van der Waals surface area contributed by atoms with Crippen LogP contribution in [0.1, 0.15) is 25.8 Å². The van der Waals surface area contributed by atoms with Gasteiger partial charge < -0.3 is 4.74 Å². The molecule has 0 saturated carbocycles. The van der Waals surface area contributed by atoms with Crippen molar-refractivity contribution in [3.05, 3.63) is 35.9 Å². The normalized spacial score (nSPS) is 24.7. The Hall–Kier alpha value is -1.41. The zero-order valence-electron chi connectivity index (χ0n) is 13.2. The summed E-state index contributed by atoms with van der Waals surface area (Å²) in [5.41, 5.74) is 0.348. The monoisotopic (exact) mass is 287 g/mol. The number of hydrogen-bond acceptors (Lipinski definition) is 4. The van der Waals surface area contributed by atoms with Crippen molar-refractivity contribution in [3.8, 4) is 6.07 Å². The van der Waals surface area contributed by atoms with Crippen LogP contribution in [0.25, 0.3) is 0 Å². The smallest absolute Gasteiger partial charge is 0.145 e. The first kappa shape index (κ1) is 16.0. The SMILES string of the molecule is CCNC(C#N)(CN(C)C1CCOC1C)c1ccccc1. The summed E-state index contributed by atoms with van der Waals surface area (Å²) in [6, 6.07) is 12.9. The molecule has 2 rings (SSSR count). The molecule has 1 saturated heterocycles. The molecule has 114 valence electrons. The number of likely N-dealkylation sites (N-methyl/N-ethyl adjacent to an activating group) is 2. The average Bonchev–Trinajstić information content (AvgIpc) is 2.94. The van der Waals surface area contributed by atoms with E-state index in [9.17, 15) is 5.26 Å². The van der Waals surface area contributed by atoms with Crippen LogP contribution in [0.3, 0.4) is 0 Å². The molecular weight excluding hydrogens is 262 g/mol. The van der Waals surface area contributed by atoms with Crippen molar-refractivity contribution >= 4 is 0 Å². The van der Waals surface area contributed by atoms with Gasteiger partial charge in [-0.1, -0.05) is 37.3 Å². The lowest BCUT2D eigenvalue weighted by molar-refractivity contribution is 0.0761. The van der Waals surface area contributed by atoms with Crippen LogP contribution < -0.4 is 5.32 Å². The fourth-order valence-corrected chi connectivity index (χ4v) is 3.20. The van der Waals surface area contributed by atoms with Crippen molar-refractivity contribution in [2.75, 3.05) is 26.7 Å². The van der Waals surface area contributed by atoms with E-state index in [4.69, 9.17) is 4.74 Å². The van der Waals surface area contributed by atoms with Gasteiger partial charge in [0.15, 0.2) is 0 Å². The summed E-state index contributed by atoms with van der Waals surface area (Å²) in [5, 5.41) is 13.2. The Morgan fingerprint density at radius 2 is 2.14 bits per heavy atom. The van der Waals surface area contributed by atoms with Gasteiger partial charge >= 0.3 is 0 Å². The van der Waals surface area contributed by atoms with Crippen LogP contribution in [0, 0.1) is 11.3 Å². The largest absolute Gasteiger partial charge is 0.377 e. The van der Waals surface area contributed by atoms with Crippen molar-refractivity contribution in [1.82, 2.24) is 10.2 Å². The van der Waals surface area contributed by atoms with Gasteiger partial charge in [-0.15, -0.1) is 0 Å². The molecule has 0 amide bonds. The third-order valence-corrected chi connectivity index (χ3v) is 4.32. The van der Waals surface area contributed by atoms with Crippen molar-refractivity contribution in [2.24, 2.45) is 0 Å². The Morgan fingerprint density at radius 3 is 2.67 bits per heavy atom. The van der Waals surface area contributed by atoms with Gasteiger partial charge in [0, 0.05) is 19.2 Å². The minimum Gasteiger partial charge on any atom is -0.377 e. The molecule has 0 spiro atoms. The number of nitriles is 1. The summed E-state index contributed by atoms with van der Waals surface area (Å²) < 4.78 is 5.66. The van der Waals surface area contributed by atoms with Gasteiger partial charge in [0.1, 0.15) is 5.54 Å². The minimum absolute atomic E-state index is 0.226. The van der Waals surface area contributed by atoms with Gasteiger partial charge in [0.25, 0.3) is 0 Å². The van der Waals surface area contributed by atoms with Gasteiger partial charge in [-0.25, -0.2) is 0 Å². The third-order valence-electron chi connectivity index (χ3n) is 4.32. The van der Waals surface area contributed by atoms with E-state index < -0.39 is 5.54 Å². The number of rotatable bonds is 6. The van der Waals surface area contributed by atoms with Crippen LogP contribution in [-0.2, 0) is 10.3 Å². The van der Waals surface area contributed by atoms with Crippen LogP contribution in [0.5, 0.6) is 0 Å². The van der Waals surface area contributed by atoms with Crippen LogP contribution in [-0.4, -0.2) is 43.8 Å². The standard InChI is InChI=1S/C17H25N3O/c1-4-19-17(12-18,15-8-6-5-7-9-15)13-20(3)16-10-11-21-14(16)2/h5-9,14,16,19H,4,10-11,13H2,1-3H3. The minimum atomic E-state index is -0.674. The molecule has 0 aromatic heterocycles. The summed E-state index contributed by atoms with van der Waals surface area (Å²) in [4.78, 5) is 2.26. The Bertz CT molecular complexity index is 485. The molecule has 1 aliphatic rings. The molecule has 1 N–H and O–H groups in total. The van der Waals surface area contributed by atoms with Crippen molar-refractivity contribution in [3.63, 3.8) is 0 Å². The summed E-state index contributed by atoms with van der Waals surface area (Å²) in [7, 11) is 2.09. The third kappa shape index (κ3) is 3.44. The molecule has 0 radical (unpaired) electrons. The lowest BCUT2D eigenvalue weighted by Crippen LogP contribution is -2.52. The van der Waals surface area contributed by atoms with Gasteiger partial charge in [-0.05, 0) is 32.5 Å². The van der Waals surface area contributed by atoms with Crippen molar-refractivity contribution in [2.45, 2.75) is 38.0 Å². The van der Waals surface area contributed by atoms with Crippen LogP contribution in [0.15, 0.2) is 30.3 Å². The highest BCUT2D eigenvalue weighted by Crippen LogP contribution is 2.25. The fraction of sp³-hybridized carbons (Fsp3) is 0.588. The van der Waals surface area contributed by atoms with E-state index >= 15 is 0 Å². The number of nitrogens with one attached hydrogen (secondary N) is 1. The molecular formula is C17H25N3O. The second-order valence-corrected chi connectivity index (χ2v) is 5.76. The molecule has 4 nitrogen and oxygen atoms in total. The van der Waals surface area contributed by atoms with Crippen molar-refractivity contribution < 1.29 is 4.74 Å². The Balaban J connectivity index is 2.22. The van der Waals surface area contributed by atoms with E-state index in [1.54, 1.807) is 0 Å². The number of benzene rings is 1. The zero-order chi connectivity index (χ0) is 15.3. The summed E-state index contributed by atoms with van der Waals surface area (Å²) in [5.74, 6) is 0. The first-order valence-corrected chi connectivity index (χ1v) is 7.66. The average molecular weight is 287 g/mol. The molecule has 0 aliphatic carbocycles. The molecule has 0 bridgehead atoms. The maximum atomic E-state index is 9.85. The molecule has 1 heterocycles. The predicted molar refractivity (Wildman–Crippen MR) is 83.9 cm³/mol. The Labute approximate surface area is 127 Å². The quantitative estimate of drug-likeness (QED) is 0.870. The molecule has 21 heavy (non-hydrogen) atoms. The Morgan fingerprint density at radius 1 is 1.43 bits per heavy atom. The van der Waals surface area contributed by atoms with Gasteiger partial charge in [-0.3, -0.25) is 10.2 Å². The highest BCUT2D eigenvalue weighted by molar-refractivity contribution is 5.32. The molecule has 1 aromatic rings. The highest BCUT2D eigenvalue weighted by Gasteiger charge is 2.37. The molecule has 4 heteroatoms. The Kier molecular flexibility index (Phi) is 5.35. The molecule has 1 fully saturated rings. The van der Waals surface area contributed by atoms with E-state index in [2.05, 4.69) is 30.3 Å². The molecule has 3 unspecified atom stereocenters. The van der Waals surface area contributed by atoms with Gasteiger partial charge in [0.05, 0.1) is 12.2 Å². The van der Waals surface area contributed by atoms with E-state index in [0.717, 1.165) is 25.1 Å².